The summed E-state index contributed by atoms with van der Waals surface area (Å²) < 4.78 is 0. The van der Waals surface area contributed by atoms with Crippen LogP contribution in [0.4, 0.5) is 0 Å². The van der Waals surface area contributed by atoms with Gasteiger partial charge in [0.15, 0.2) is 0 Å². The summed E-state index contributed by atoms with van der Waals surface area (Å²) in [6.07, 6.45) is 20.8. The van der Waals surface area contributed by atoms with E-state index in [1.807, 2.05) is 0 Å². The minimum absolute atomic E-state index is 0.540. The van der Waals surface area contributed by atoms with Gasteiger partial charge in [-0.1, -0.05) is 70.4 Å². The molecule has 3 nitrogen and oxygen atoms in total. The van der Waals surface area contributed by atoms with E-state index < -0.39 is 11.9 Å². The number of hydrogen-bond donors (Lipinski definition) is 1. The summed E-state index contributed by atoms with van der Waals surface area (Å²) in [6, 6.07) is 0. The van der Waals surface area contributed by atoms with Gasteiger partial charge >= 0.3 is 5.97 Å². The normalized spacial score (nSPS) is 12.2. The summed E-state index contributed by atoms with van der Waals surface area (Å²) in [5.74, 6) is -0.00357. The third-order valence-corrected chi connectivity index (χ3v) is 4.11. The first-order valence-electron chi connectivity index (χ1n) is 9.31. The molecule has 3 heteroatoms. The minimum Gasteiger partial charge on any atom is -0.481 e. The lowest BCUT2D eigenvalue weighted by molar-refractivity contribution is -0.140. The maximum atomic E-state index is 10.8. The quantitative estimate of drug-likeness (QED) is 0.224. The van der Waals surface area contributed by atoms with Crippen LogP contribution in [0, 0.1) is 5.92 Å². The Bertz CT molecular complexity index is 352. The van der Waals surface area contributed by atoms with Crippen molar-refractivity contribution in [3.63, 3.8) is 0 Å². The highest BCUT2D eigenvalue weighted by atomic mass is 16.4. The van der Waals surface area contributed by atoms with Crippen molar-refractivity contribution in [2.45, 2.75) is 90.4 Å². The van der Waals surface area contributed by atoms with Crippen molar-refractivity contribution in [2.75, 3.05) is 0 Å². The molecule has 0 spiro atoms. The zero-order chi connectivity index (χ0) is 17.2. The molecule has 0 heterocycles. The van der Waals surface area contributed by atoms with Crippen LogP contribution in [0.15, 0.2) is 18.2 Å². The fourth-order valence-corrected chi connectivity index (χ4v) is 2.62. The molecule has 0 radical (unpaired) electrons. The highest BCUT2D eigenvalue weighted by Crippen LogP contribution is 2.13. The summed E-state index contributed by atoms with van der Waals surface area (Å²) in [5, 5.41) is 8.89. The van der Waals surface area contributed by atoms with Gasteiger partial charge in [-0.2, -0.15) is 0 Å². The highest BCUT2D eigenvalue weighted by Gasteiger charge is 2.13. The molecular weight excluding hydrogens is 288 g/mol. The third kappa shape index (κ3) is 15.3. The van der Waals surface area contributed by atoms with Crippen LogP contribution in [0.3, 0.4) is 0 Å². The molecule has 1 unspecified atom stereocenters. The van der Waals surface area contributed by atoms with Crippen LogP contribution in [-0.2, 0) is 9.59 Å². The molecule has 0 fully saturated rings. The van der Waals surface area contributed by atoms with Crippen LogP contribution in [0.1, 0.15) is 90.4 Å². The summed E-state index contributed by atoms with van der Waals surface area (Å²) in [7, 11) is 0. The Kier molecular flexibility index (Phi) is 16.0. The van der Waals surface area contributed by atoms with Crippen LogP contribution in [0.25, 0.3) is 0 Å². The minimum atomic E-state index is -0.925. The van der Waals surface area contributed by atoms with Gasteiger partial charge in [-0.3, -0.25) is 4.79 Å². The SMILES string of the molecule is CCCCCCCC/C=C\CCCCCCC(C=C=O)C(=O)O. The van der Waals surface area contributed by atoms with Crippen LogP contribution in [0.2, 0.25) is 0 Å². The monoisotopic (exact) mass is 322 g/mol. The fourth-order valence-electron chi connectivity index (χ4n) is 2.62. The molecule has 0 aromatic rings. The molecule has 1 N–H and O–H groups in total. The number of carboxylic acid groups (broad SMARTS) is 1. The Morgan fingerprint density at radius 2 is 1.43 bits per heavy atom. The molecule has 0 aliphatic rings. The van der Waals surface area contributed by atoms with Crippen molar-refractivity contribution in [1.82, 2.24) is 0 Å². The highest BCUT2D eigenvalue weighted by molar-refractivity contribution is 5.74. The first kappa shape index (κ1) is 21.7. The van der Waals surface area contributed by atoms with Crippen LogP contribution in [-0.4, -0.2) is 17.0 Å². The molecular formula is C20H34O3. The van der Waals surface area contributed by atoms with Crippen molar-refractivity contribution in [2.24, 2.45) is 5.92 Å². The average Bonchev–Trinajstić information content (AvgIpc) is 2.54. The Morgan fingerprint density at radius 1 is 0.913 bits per heavy atom. The number of carbonyl (C=O) groups is 1. The van der Waals surface area contributed by atoms with Gasteiger partial charge in [0.2, 0.25) is 0 Å². The molecule has 0 saturated carbocycles. The molecule has 0 aromatic carbocycles. The molecule has 0 saturated heterocycles. The lowest BCUT2D eigenvalue weighted by atomic mass is 10.0. The van der Waals surface area contributed by atoms with Crippen LogP contribution < -0.4 is 0 Å². The Labute approximate surface area is 141 Å². The number of aliphatic carboxylic acids is 1. The van der Waals surface area contributed by atoms with Crippen LogP contribution >= 0.6 is 0 Å². The van der Waals surface area contributed by atoms with Crippen molar-refractivity contribution >= 4 is 11.9 Å². The first-order chi connectivity index (χ1) is 11.2. The molecule has 0 amide bonds. The lowest BCUT2D eigenvalue weighted by Gasteiger charge is -2.05. The van der Waals surface area contributed by atoms with Gasteiger partial charge in [0, 0.05) is 6.08 Å². The maximum absolute atomic E-state index is 10.8. The van der Waals surface area contributed by atoms with E-state index >= 15 is 0 Å². The van der Waals surface area contributed by atoms with Crippen molar-refractivity contribution in [3.05, 3.63) is 18.2 Å². The number of unbranched alkanes of at least 4 members (excludes halogenated alkanes) is 10. The summed E-state index contributed by atoms with van der Waals surface area (Å²) in [6.45, 7) is 2.25. The van der Waals surface area contributed by atoms with Gasteiger partial charge in [0.05, 0.1) is 5.92 Å². The predicted molar refractivity (Wildman–Crippen MR) is 96.2 cm³/mol. The second kappa shape index (κ2) is 17.0. The van der Waals surface area contributed by atoms with Crippen molar-refractivity contribution in [3.8, 4) is 0 Å². The Hall–Kier alpha value is -1.34. The van der Waals surface area contributed by atoms with Gasteiger partial charge in [0.1, 0.15) is 5.94 Å². The molecule has 132 valence electrons. The summed E-state index contributed by atoms with van der Waals surface area (Å²) in [4.78, 5) is 21.1. The molecule has 0 aromatic heterocycles. The smallest absolute Gasteiger partial charge is 0.311 e. The number of rotatable bonds is 16. The van der Waals surface area contributed by atoms with Gasteiger partial charge in [-0.25, -0.2) is 4.79 Å². The molecule has 0 bridgehead atoms. The topological polar surface area (TPSA) is 54.4 Å². The van der Waals surface area contributed by atoms with E-state index in [1.54, 1.807) is 5.94 Å². The van der Waals surface area contributed by atoms with E-state index in [1.165, 1.54) is 44.9 Å². The van der Waals surface area contributed by atoms with Crippen molar-refractivity contribution < 1.29 is 14.7 Å². The average molecular weight is 322 g/mol. The molecule has 23 heavy (non-hydrogen) atoms. The van der Waals surface area contributed by atoms with Gasteiger partial charge < -0.3 is 5.11 Å². The standard InChI is InChI=1S/C20H34O3/c1-2-3-4-5-6-7-8-9-10-11-12-13-14-15-16-19(17-18-21)20(22)23/h9-10,17,19H,2-8,11-16H2,1H3,(H,22,23)/b10-9-. The predicted octanol–water partition coefficient (Wildman–Crippen LogP) is 5.72. The Balaban J connectivity index is 3.36. The second-order valence-corrected chi connectivity index (χ2v) is 6.25. The maximum Gasteiger partial charge on any atom is 0.311 e. The number of allylic oxidation sites excluding steroid dienone is 2. The molecule has 1 atom stereocenters. The van der Waals surface area contributed by atoms with E-state index in [4.69, 9.17) is 5.11 Å². The fraction of sp³-hybridized carbons (Fsp3) is 0.750. The van der Waals surface area contributed by atoms with E-state index in [2.05, 4.69) is 19.1 Å². The van der Waals surface area contributed by atoms with Gasteiger partial charge in [-0.15, -0.1) is 0 Å². The van der Waals surface area contributed by atoms with E-state index in [9.17, 15) is 9.59 Å². The van der Waals surface area contributed by atoms with Crippen LogP contribution in [0.5, 0.6) is 0 Å². The van der Waals surface area contributed by atoms with Gasteiger partial charge in [0.25, 0.3) is 0 Å². The molecule has 0 aliphatic carbocycles. The van der Waals surface area contributed by atoms with E-state index in [0.717, 1.165) is 38.2 Å². The van der Waals surface area contributed by atoms with Gasteiger partial charge in [-0.05, 0) is 32.1 Å². The number of carbonyl (C=O) groups excluding carboxylic acids is 1. The lowest BCUT2D eigenvalue weighted by Crippen LogP contribution is -2.10. The summed E-state index contributed by atoms with van der Waals surface area (Å²) in [5.41, 5.74) is 0. The second-order valence-electron chi connectivity index (χ2n) is 6.25. The summed E-state index contributed by atoms with van der Waals surface area (Å²) >= 11 is 0. The zero-order valence-corrected chi connectivity index (χ0v) is 14.8. The Morgan fingerprint density at radius 3 is 1.96 bits per heavy atom. The van der Waals surface area contributed by atoms with E-state index in [-0.39, 0.29) is 0 Å². The third-order valence-electron chi connectivity index (χ3n) is 4.11. The molecule has 0 rings (SSSR count). The number of hydrogen-bond acceptors (Lipinski definition) is 2. The van der Waals surface area contributed by atoms with E-state index in [0.29, 0.717) is 6.42 Å². The molecule has 0 aliphatic heterocycles. The number of carboxylic acids is 1. The zero-order valence-electron chi connectivity index (χ0n) is 14.8. The first-order valence-corrected chi connectivity index (χ1v) is 9.31. The van der Waals surface area contributed by atoms with Crippen molar-refractivity contribution in [1.29, 1.82) is 0 Å². The largest absolute Gasteiger partial charge is 0.481 e.